The molecule has 1 aromatic rings. The number of nitrogen functional groups attached to an aromatic ring is 1. The van der Waals surface area contributed by atoms with Gasteiger partial charge < -0.3 is 5.43 Å². The van der Waals surface area contributed by atoms with Gasteiger partial charge >= 0.3 is 0 Å². The summed E-state index contributed by atoms with van der Waals surface area (Å²) in [7, 11) is -3.72. The molecule has 1 aliphatic carbocycles. The van der Waals surface area contributed by atoms with Crippen molar-refractivity contribution in [2.75, 3.05) is 18.2 Å². The van der Waals surface area contributed by atoms with Gasteiger partial charge in [0.2, 0.25) is 10.0 Å². The number of nitrogens with zero attached hydrogens (tertiary/aromatic N) is 1. The SMILES string of the molecule is CSC1(CNS(=O)(=O)c2ccc([N+](=O)[O-])c(NN)c2)CC1. The molecule has 0 saturated heterocycles. The monoisotopic (exact) mass is 332 g/mol. The van der Waals surface area contributed by atoms with E-state index in [1.807, 2.05) is 6.26 Å². The summed E-state index contributed by atoms with van der Waals surface area (Å²) in [6, 6.07) is 3.46. The lowest BCUT2D eigenvalue weighted by Crippen LogP contribution is -2.31. The van der Waals surface area contributed by atoms with E-state index in [0.717, 1.165) is 25.0 Å². The van der Waals surface area contributed by atoms with Crippen LogP contribution in [0.3, 0.4) is 0 Å². The molecule has 8 nitrogen and oxygen atoms in total. The molecule has 1 saturated carbocycles. The van der Waals surface area contributed by atoms with Gasteiger partial charge in [-0.3, -0.25) is 16.0 Å². The number of hydrogen-bond donors (Lipinski definition) is 3. The van der Waals surface area contributed by atoms with Crippen molar-refractivity contribution in [3.05, 3.63) is 28.3 Å². The van der Waals surface area contributed by atoms with Crippen LogP contribution in [0.15, 0.2) is 23.1 Å². The zero-order chi connectivity index (χ0) is 15.7. The van der Waals surface area contributed by atoms with Crippen molar-refractivity contribution in [2.24, 2.45) is 5.84 Å². The fourth-order valence-electron chi connectivity index (χ4n) is 1.86. The second-order valence-electron chi connectivity index (χ2n) is 4.79. The molecule has 21 heavy (non-hydrogen) atoms. The minimum atomic E-state index is -3.72. The fraction of sp³-hybridized carbons (Fsp3) is 0.455. The van der Waals surface area contributed by atoms with Crippen LogP contribution < -0.4 is 16.0 Å². The Kier molecular flexibility index (Phi) is 4.42. The summed E-state index contributed by atoms with van der Waals surface area (Å²) in [5, 5.41) is 10.8. The number of sulfonamides is 1. The lowest BCUT2D eigenvalue weighted by atomic mass is 10.3. The number of nitrogens with one attached hydrogen (secondary N) is 2. The smallest absolute Gasteiger partial charge is 0.293 e. The van der Waals surface area contributed by atoms with E-state index in [1.165, 1.54) is 6.07 Å². The second-order valence-corrected chi connectivity index (χ2v) is 7.83. The number of nitro groups is 1. The Hall–Kier alpha value is -1.36. The van der Waals surface area contributed by atoms with Crippen LogP contribution in [-0.2, 0) is 10.0 Å². The molecule has 10 heteroatoms. The van der Waals surface area contributed by atoms with E-state index in [0.29, 0.717) is 6.54 Å². The zero-order valence-corrected chi connectivity index (χ0v) is 13.0. The van der Waals surface area contributed by atoms with Crippen LogP contribution in [-0.4, -0.2) is 30.9 Å². The maximum Gasteiger partial charge on any atom is 0.293 e. The van der Waals surface area contributed by atoms with Gasteiger partial charge in [-0.2, -0.15) is 11.8 Å². The van der Waals surface area contributed by atoms with E-state index in [2.05, 4.69) is 10.1 Å². The summed E-state index contributed by atoms with van der Waals surface area (Å²) in [6.45, 7) is 0.346. The summed E-state index contributed by atoms with van der Waals surface area (Å²) in [6.07, 6.45) is 3.91. The maximum atomic E-state index is 12.2. The molecule has 2 rings (SSSR count). The van der Waals surface area contributed by atoms with Gasteiger partial charge in [-0.1, -0.05) is 0 Å². The largest absolute Gasteiger partial charge is 0.318 e. The third-order valence-electron chi connectivity index (χ3n) is 3.46. The quantitative estimate of drug-likeness (QED) is 0.387. The van der Waals surface area contributed by atoms with E-state index >= 15 is 0 Å². The summed E-state index contributed by atoms with van der Waals surface area (Å²) in [5.41, 5.74) is 1.82. The number of benzene rings is 1. The van der Waals surface area contributed by atoms with Crippen LogP contribution in [0.25, 0.3) is 0 Å². The molecule has 0 radical (unpaired) electrons. The lowest BCUT2D eigenvalue weighted by molar-refractivity contribution is -0.384. The minimum Gasteiger partial charge on any atom is -0.318 e. The predicted molar refractivity (Wildman–Crippen MR) is 81.6 cm³/mol. The molecule has 0 aromatic heterocycles. The molecule has 0 atom stereocenters. The van der Waals surface area contributed by atoms with E-state index in [4.69, 9.17) is 5.84 Å². The Bertz CT molecular complexity index is 658. The van der Waals surface area contributed by atoms with Crippen LogP contribution in [0, 0.1) is 10.1 Å². The van der Waals surface area contributed by atoms with Gasteiger partial charge in [0, 0.05) is 17.4 Å². The molecule has 0 heterocycles. The molecule has 0 spiro atoms. The molecule has 1 fully saturated rings. The van der Waals surface area contributed by atoms with Crippen LogP contribution >= 0.6 is 11.8 Å². The number of nitro benzene ring substituents is 1. The molecule has 4 N–H and O–H groups in total. The Morgan fingerprint density at radius 2 is 2.14 bits per heavy atom. The van der Waals surface area contributed by atoms with Crippen molar-refractivity contribution < 1.29 is 13.3 Å². The minimum absolute atomic E-state index is 0.0111. The summed E-state index contributed by atoms with van der Waals surface area (Å²) >= 11 is 1.64. The molecular weight excluding hydrogens is 316 g/mol. The van der Waals surface area contributed by atoms with Crippen molar-refractivity contribution in [3.63, 3.8) is 0 Å². The highest BCUT2D eigenvalue weighted by Gasteiger charge is 2.42. The average Bonchev–Trinajstić information content (AvgIpc) is 3.25. The topological polar surface area (TPSA) is 127 Å². The lowest BCUT2D eigenvalue weighted by Gasteiger charge is -2.14. The molecule has 0 aliphatic heterocycles. The van der Waals surface area contributed by atoms with Gasteiger partial charge in [-0.25, -0.2) is 13.1 Å². The standard InChI is InChI=1S/C11H16N4O4S2/c1-20-11(4-5-11)7-13-21(18,19)8-2-3-10(15(16)17)9(6-8)14-12/h2-3,6,13-14H,4-5,7,12H2,1H3. The third-order valence-corrected chi connectivity index (χ3v) is 6.27. The first-order chi connectivity index (χ1) is 9.83. The van der Waals surface area contributed by atoms with Gasteiger partial charge in [-0.05, 0) is 31.2 Å². The molecule has 0 unspecified atom stereocenters. The van der Waals surface area contributed by atoms with Gasteiger partial charge in [0.1, 0.15) is 5.69 Å². The molecule has 0 amide bonds. The highest BCUT2D eigenvalue weighted by molar-refractivity contribution is 8.00. The summed E-state index contributed by atoms with van der Waals surface area (Å²) in [4.78, 5) is 10.1. The van der Waals surface area contributed by atoms with E-state index in [9.17, 15) is 18.5 Å². The zero-order valence-electron chi connectivity index (χ0n) is 11.3. The first kappa shape index (κ1) is 16.0. The molecule has 116 valence electrons. The Morgan fingerprint density at radius 1 is 1.48 bits per heavy atom. The van der Waals surface area contributed by atoms with Gasteiger partial charge in [0.15, 0.2) is 0 Å². The molecule has 1 aromatic carbocycles. The predicted octanol–water partition coefficient (Wildman–Crippen LogP) is 1.05. The number of thioether (sulfide) groups is 1. The van der Waals surface area contributed by atoms with Crippen molar-refractivity contribution >= 4 is 33.2 Å². The molecular formula is C11H16N4O4S2. The van der Waals surface area contributed by atoms with Crippen LogP contribution in [0.2, 0.25) is 0 Å². The number of anilines is 1. The van der Waals surface area contributed by atoms with Crippen LogP contribution in [0.5, 0.6) is 0 Å². The van der Waals surface area contributed by atoms with Gasteiger partial charge in [0.05, 0.1) is 9.82 Å². The third kappa shape index (κ3) is 3.46. The fourth-order valence-corrected chi connectivity index (χ4v) is 3.83. The average molecular weight is 332 g/mol. The van der Waals surface area contributed by atoms with Crippen molar-refractivity contribution in [1.29, 1.82) is 0 Å². The maximum absolute atomic E-state index is 12.2. The summed E-state index contributed by atoms with van der Waals surface area (Å²) < 4.78 is 27.0. The van der Waals surface area contributed by atoms with Crippen LogP contribution in [0.4, 0.5) is 11.4 Å². The van der Waals surface area contributed by atoms with E-state index in [-0.39, 0.29) is 21.0 Å². The molecule has 0 bridgehead atoms. The van der Waals surface area contributed by atoms with Crippen molar-refractivity contribution in [1.82, 2.24) is 4.72 Å². The number of nitrogens with two attached hydrogens (primary N) is 1. The normalized spacial score (nSPS) is 16.5. The Balaban J connectivity index is 2.22. The van der Waals surface area contributed by atoms with E-state index in [1.54, 1.807) is 11.8 Å². The van der Waals surface area contributed by atoms with Gasteiger partial charge in [-0.15, -0.1) is 0 Å². The first-order valence-electron chi connectivity index (χ1n) is 6.13. The number of rotatable bonds is 7. The first-order valence-corrected chi connectivity index (χ1v) is 8.84. The Labute approximate surface area is 126 Å². The van der Waals surface area contributed by atoms with E-state index < -0.39 is 14.9 Å². The molecule has 1 aliphatic rings. The highest BCUT2D eigenvalue weighted by Crippen LogP contribution is 2.46. The highest BCUT2D eigenvalue weighted by atomic mass is 32.2. The second kappa shape index (κ2) is 5.79. The number of hydrazine groups is 1. The van der Waals surface area contributed by atoms with Crippen molar-refractivity contribution in [3.8, 4) is 0 Å². The summed E-state index contributed by atoms with van der Waals surface area (Å²) in [5.74, 6) is 5.20. The van der Waals surface area contributed by atoms with Crippen molar-refractivity contribution in [2.45, 2.75) is 22.5 Å². The Morgan fingerprint density at radius 3 is 2.62 bits per heavy atom. The van der Waals surface area contributed by atoms with Gasteiger partial charge in [0.25, 0.3) is 5.69 Å². The number of hydrogen-bond acceptors (Lipinski definition) is 7. The van der Waals surface area contributed by atoms with Crippen LogP contribution in [0.1, 0.15) is 12.8 Å².